The molecule has 0 amide bonds. The number of phosphoric acid groups is 1. The van der Waals surface area contributed by atoms with Crippen LogP contribution in [-0.2, 0) is 9.09 Å². The maximum absolute atomic E-state index is 10.4. The lowest BCUT2D eigenvalue weighted by atomic mass is 10.0. The second-order valence-corrected chi connectivity index (χ2v) is 6.93. The summed E-state index contributed by atoms with van der Waals surface area (Å²) in [6, 6.07) is 0. The van der Waals surface area contributed by atoms with Crippen molar-refractivity contribution in [2.24, 2.45) is 5.92 Å². The van der Waals surface area contributed by atoms with Crippen molar-refractivity contribution in [1.29, 1.82) is 0 Å². The molecular weight excluding hydrogens is 263 g/mol. The van der Waals surface area contributed by atoms with Crippen LogP contribution in [0.25, 0.3) is 0 Å². The van der Waals surface area contributed by atoms with E-state index in [0.29, 0.717) is 0 Å². The number of phosphoric ester groups is 1. The molecule has 0 atom stereocenters. The van der Waals surface area contributed by atoms with Gasteiger partial charge in [0, 0.05) is 0 Å². The number of hydrogen-bond donors (Lipinski definition) is 2. The summed E-state index contributed by atoms with van der Waals surface area (Å²) in [7, 11) is -4.25. The van der Waals surface area contributed by atoms with Crippen molar-refractivity contribution in [2.75, 3.05) is 6.61 Å². The van der Waals surface area contributed by atoms with Gasteiger partial charge in [-0.15, -0.1) is 0 Å². The smallest absolute Gasteiger partial charge is 0.303 e. The molecule has 2 N–H and O–H groups in total. The fourth-order valence-electron chi connectivity index (χ4n) is 2.08. The van der Waals surface area contributed by atoms with Gasteiger partial charge in [-0.3, -0.25) is 4.52 Å². The summed E-state index contributed by atoms with van der Waals surface area (Å²) in [5.74, 6) is 0.829. The Bertz CT molecular complexity index is 238. The van der Waals surface area contributed by atoms with Gasteiger partial charge in [0.1, 0.15) is 0 Å². The Morgan fingerprint density at radius 3 is 1.68 bits per heavy atom. The van der Waals surface area contributed by atoms with E-state index in [1.165, 1.54) is 44.9 Å². The minimum Gasteiger partial charge on any atom is -0.303 e. The van der Waals surface area contributed by atoms with Crippen molar-refractivity contribution < 1.29 is 18.9 Å². The second-order valence-electron chi connectivity index (χ2n) is 5.69. The molecule has 0 aromatic heterocycles. The van der Waals surface area contributed by atoms with E-state index in [-0.39, 0.29) is 6.61 Å². The Morgan fingerprint density at radius 2 is 1.26 bits per heavy atom. The van der Waals surface area contributed by atoms with Crippen LogP contribution in [0.3, 0.4) is 0 Å². The largest absolute Gasteiger partial charge is 0.469 e. The highest BCUT2D eigenvalue weighted by Crippen LogP contribution is 2.35. The molecular formula is C14H31O4P. The summed E-state index contributed by atoms with van der Waals surface area (Å²) in [4.78, 5) is 17.0. The topological polar surface area (TPSA) is 66.8 Å². The molecule has 0 rings (SSSR count). The monoisotopic (exact) mass is 294 g/mol. The van der Waals surface area contributed by atoms with Crippen molar-refractivity contribution in [1.82, 2.24) is 0 Å². The van der Waals surface area contributed by atoms with Crippen LogP contribution in [0.1, 0.15) is 78.1 Å². The van der Waals surface area contributed by atoms with E-state index in [0.717, 1.165) is 25.2 Å². The molecule has 5 heteroatoms. The van der Waals surface area contributed by atoms with Crippen molar-refractivity contribution in [2.45, 2.75) is 78.1 Å². The van der Waals surface area contributed by atoms with Gasteiger partial charge in [0.05, 0.1) is 6.61 Å². The first-order valence-corrected chi connectivity index (χ1v) is 9.15. The van der Waals surface area contributed by atoms with Gasteiger partial charge < -0.3 is 9.79 Å². The Hall–Kier alpha value is 0.110. The lowest BCUT2D eigenvalue weighted by Crippen LogP contribution is -1.92. The van der Waals surface area contributed by atoms with E-state index in [9.17, 15) is 4.57 Å². The average Bonchev–Trinajstić information content (AvgIpc) is 2.28. The Labute approximate surface area is 118 Å². The van der Waals surface area contributed by atoms with Crippen molar-refractivity contribution >= 4 is 7.82 Å². The zero-order chi connectivity index (χ0) is 14.6. The molecule has 0 radical (unpaired) electrons. The first kappa shape index (κ1) is 19.1. The van der Waals surface area contributed by atoms with Crippen LogP contribution in [-0.4, -0.2) is 16.4 Å². The normalized spacial score (nSPS) is 12.3. The highest BCUT2D eigenvalue weighted by Gasteiger charge is 2.12. The summed E-state index contributed by atoms with van der Waals surface area (Å²) in [5, 5.41) is 0. The van der Waals surface area contributed by atoms with Crippen LogP contribution in [0.4, 0.5) is 0 Å². The second kappa shape index (κ2) is 11.9. The molecule has 0 aliphatic heterocycles. The summed E-state index contributed by atoms with van der Waals surface area (Å²) in [6.07, 6.45) is 12.1. The van der Waals surface area contributed by atoms with Crippen LogP contribution in [0.15, 0.2) is 0 Å². The minimum absolute atomic E-state index is 0.166. The molecule has 19 heavy (non-hydrogen) atoms. The number of hydrogen-bond acceptors (Lipinski definition) is 2. The fourth-order valence-corrected chi connectivity index (χ4v) is 2.44. The van der Waals surface area contributed by atoms with Crippen LogP contribution >= 0.6 is 7.82 Å². The van der Waals surface area contributed by atoms with Crippen LogP contribution < -0.4 is 0 Å². The zero-order valence-electron chi connectivity index (χ0n) is 12.5. The summed E-state index contributed by atoms with van der Waals surface area (Å²) in [6.45, 7) is 4.71. The van der Waals surface area contributed by atoms with E-state index in [1.54, 1.807) is 0 Å². The van der Waals surface area contributed by atoms with E-state index >= 15 is 0 Å². The Balaban J connectivity index is 3.05. The zero-order valence-corrected chi connectivity index (χ0v) is 13.4. The van der Waals surface area contributed by atoms with Gasteiger partial charge in [0.2, 0.25) is 0 Å². The number of unbranched alkanes of at least 4 members (excludes halogenated alkanes) is 8. The SMILES string of the molecule is CC(C)CCCCCCCCCCCOP(=O)(O)O. The molecule has 0 fully saturated rings. The molecule has 0 spiro atoms. The van der Waals surface area contributed by atoms with Gasteiger partial charge in [0.25, 0.3) is 0 Å². The van der Waals surface area contributed by atoms with E-state index in [2.05, 4.69) is 18.4 Å². The average molecular weight is 294 g/mol. The van der Waals surface area contributed by atoms with Crippen molar-refractivity contribution in [3.63, 3.8) is 0 Å². The van der Waals surface area contributed by atoms with Gasteiger partial charge in [-0.05, 0) is 12.3 Å². The molecule has 0 aliphatic rings. The van der Waals surface area contributed by atoms with E-state index in [4.69, 9.17) is 9.79 Å². The van der Waals surface area contributed by atoms with Crippen molar-refractivity contribution in [3.8, 4) is 0 Å². The third-order valence-electron chi connectivity index (χ3n) is 3.19. The van der Waals surface area contributed by atoms with Crippen LogP contribution in [0.2, 0.25) is 0 Å². The first-order valence-electron chi connectivity index (χ1n) is 7.62. The van der Waals surface area contributed by atoms with Gasteiger partial charge in [-0.2, -0.15) is 0 Å². The van der Waals surface area contributed by atoms with Gasteiger partial charge in [-0.1, -0.05) is 71.6 Å². The van der Waals surface area contributed by atoms with Gasteiger partial charge in [0.15, 0.2) is 0 Å². The quantitative estimate of drug-likeness (QED) is 0.383. The van der Waals surface area contributed by atoms with Gasteiger partial charge >= 0.3 is 7.82 Å². The highest BCUT2D eigenvalue weighted by atomic mass is 31.2. The maximum atomic E-state index is 10.4. The first-order chi connectivity index (χ1) is 8.92. The van der Waals surface area contributed by atoms with Crippen LogP contribution in [0.5, 0.6) is 0 Å². The summed E-state index contributed by atoms with van der Waals surface area (Å²) >= 11 is 0. The molecule has 116 valence electrons. The molecule has 0 saturated heterocycles. The van der Waals surface area contributed by atoms with E-state index < -0.39 is 7.82 Å². The predicted molar refractivity (Wildman–Crippen MR) is 79.0 cm³/mol. The molecule has 0 bridgehead atoms. The molecule has 4 nitrogen and oxygen atoms in total. The summed E-state index contributed by atoms with van der Waals surface area (Å²) < 4.78 is 14.8. The Morgan fingerprint density at radius 1 is 0.842 bits per heavy atom. The third-order valence-corrected chi connectivity index (χ3v) is 3.70. The lowest BCUT2D eigenvalue weighted by molar-refractivity contribution is 0.193. The van der Waals surface area contributed by atoms with Crippen LogP contribution in [0, 0.1) is 5.92 Å². The molecule has 0 aromatic carbocycles. The predicted octanol–water partition coefficient (Wildman–Crippen LogP) is 4.65. The lowest BCUT2D eigenvalue weighted by Gasteiger charge is -2.05. The molecule has 0 saturated carbocycles. The molecule has 0 unspecified atom stereocenters. The fraction of sp³-hybridized carbons (Fsp3) is 1.00. The molecule has 0 aromatic rings. The third kappa shape index (κ3) is 18.1. The highest BCUT2D eigenvalue weighted by molar-refractivity contribution is 7.46. The molecule has 0 heterocycles. The standard InChI is InChI=1S/C14H31O4P/c1-14(2)12-10-8-6-4-3-5-7-9-11-13-18-19(15,16)17/h14H,3-13H2,1-2H3,(H2,15,16,17). The maximum Gasteiger partial charge on any atom is 0.469 e. The van der Waals surface area contributed by atoms with E-state index in [1.807, 2.05) is 0 Å². The molecule has 0 aliphatic carbocycles. The van der Waals surface area contributed by atoms with Crippen molar-refractivity contribution in [3.05, 3.63) is 0 Å². The summed E-state index contributed by atoms with van der Waals surface area (Å²) in [5.41, 5.74) is 0. The minimum atomic E-state index is -4.25. The number of rotatable bonds is 13. The van der Waals surface area contributed by atoms with Gasteiger partial charge in [-0.25, -0.2) is 4.57 Å². The Kier molecular flexibility index (Phi) is 12.0.